The molecule has 2 heterocycles. The third-order valence-corrected chi connectivity index (χ3v) is 3.76. The number of halogens is 1. The van der Waals surface area contributed by atoms with E-state index in [0.29, 0.717) is 5.92 Å². The Hall–Kier alpha value is -1.39. The van der Waals surface area contributed by atoms with Gasteiger partial charge in [0, 0.05) is 13.6 Å². The quantitative estimate of drug-likeness (QED) is 0.944. The summed E-state index contributed by atoms with van der Waals surface area (Å²) in [4.78, 5) is 11.4. The van der Waals surface area contributed by atoms with Crippen LogP contribution in [0.15, 0.2) is 30.5 Å². The summed E-state index contributed by atoms with van der Waals surface area (Å²) in [6.07, 6.45) is 4.46. The highest BCUT2D eigenvalue weighted by Crippen LogP contribution is 2.17. The molecule has 1 unspecified atom stereocenters. The fraction of sp³-hybridized carbons (Fsp3) is 0.467. The van der Waals surface area contributed by atoms with Crippen LogP contribution in [-0.4, -0.2) is 36.6 Å². The van der Waals surface area contributed by atoms with Crippen LogP contribution in [0.25, 0.3) is 11.0 Å². The Labute approximate surface area is 126 Å². The Morgan fingerprint density at radius 3 is 2.85 bits per heavy atom. The summed E-state index contributed by atoms with van der Waals surface area (Å²) < 4.78 is 0. The van der Waals surface area contributed by atoms with E-state index in [-0.39, 0.29) is 12.4 Å². The highest BCUT2D eigenvalue weighted by atomic mass is 35.5. The van der Waals surface area contributed by atoms with Crippen molar-refractivity contribution in [3.8, 4) is 0 Å². The zero-order chi connectivity index (χ0) is 13.1. The number of para-hydroxylation sites is 2. The average Bonchev–Trinajstić information content (AvgIpc) is 2.48. The van der Waals surface area contributed by atoms with Crippen molar-refractivity contribution in [3.63, 3.8) is 0 Å². The fourth-order valence-corrected chi connectivity index (χ4v) is 2.69. The van der Waals surface area contributed by atoms with Gasteiger partial charge in [0.1, 0.15) is 5.82 Å². The molecule has 0 amide bonds. The van der Waals surface area contributed by atoms with Crippen molar-refractivity contribution >= 4 is 29.3 Å². The number of aromatic nitrogens is 2. The first kappa shape index (κ1) is 15.0. The molecular formula is C15H21ClN4. The summed E-state index contributed by atoms with van der Waals surface area (Å²) in [6, 6.07) is 8.01. The maximum atomic E-state index is 4.68. The molecule has 1 fully saturated rings. The predicted molar refractivity (Wildman–Crippen MR) is 85.6 cm³/mol. The lowest BCUT2D eigenvalue weighted by atomic mass is 9.99. The van der Waals surface area contributed by atoms with Crippen molar-refractivity contribution in [2.45, 2.75) is 12.8 Å². The van der Waals surface area contributed by atoms with Gasteiger partial charge in [-0.1, -0.05) is 12.1 Å². The van der Waals surface area contributed by atoms with Crippen molar-refractivity contribution in [2.75, 3.05) is 31.6 Å². The zero-order valence-corrected chi connectivity index (χ0v) is 12.6. The van der Waals surface area contributed by atoms with E-state index in [2.05, 4.69) is 27.2 Å². The number of piperidine rings is 1. The Morgan fingerprint density at radius 1 is 1.30 bits per heavy atom. The van der Waals surface area contributed by atoms with E-state index in [1.807, 2.05) is 30.5 Å². The molecule has 2 aromatic rings. The molecule has 3 rings (SSSR count). The molecule has 0 radical (unpaired) electrons. The van der Waals surface area contributed by atoms with Crippen LogP contribution in [0.3, 0.4) is 0 Å². The van der Waals surface area contributed by atoms with Crippen LogP contribution in [0.4, 0.5) is 5.82 Å². The number of rotatable bonds is 3. The molecule has 1 N–H and O–H groups in total. The minimum absolute atomic E-state index is 0. The van der Waals surface area contributed by atoms with Crippen LogP contribution in [0, 0.1) is 5.92 Å². The number of hydrogen-bond acceptors (Lipinski definition) is 4. The minimum Gasteiger partial charge on any atom is -0.358 e. The van der Waals surface area contributed by atoms with E-state index in [4.69, 9.17) is 0 Å². The molecule has 0 spiro atoms. The second-order valence-electron chi connectivity index (χ2n) is 5.31. The molecular weight excluding hydrogens is 272 g/mol. The maximum Gasteiger partial charge on any atom is 0.147 e. The van der Waals surface area contributed by atoms with Crippen LogP contribution in [-0.2, 0) is 0 Å². The van der Waals surface area contributed by atoms with Gasteiger partial charge in [-0.05, 0) is 44.0 Å². The molecule has 0 bridgehead atoms. The molecule has 5 heteroatoms. The van der Waals surface area contributed by atoms with Crippen molar-refractivity contribution in [2.24, 2.45) is 5.92 Å². The Bertz CT molecular complexity index is 554. The molecule has 1 aliphatic heterocycles. The van der Waals surface area contributed by atoms with Crippen LogP contribution in [0.1, 0.15) is 12.8 Å². The summed E-state index contributed by atoms with van der Waals surface area (Å²) in [6.45, 7) is 3.32. The molecule has 1 aromatic heterocycles. The third-order valence-electron chi connectivity index (χ3n) is 3.76. The predicted octanol–water partition coefficient (Wildman–Crippen LogP) is 2.49. The van der Waals surface area contributed by atoms with E-state index in [1.165, 1.54) is 12.8 Å². The number of anilines is 1. The highest BCUT2D eigenvalue weighted by Gasteiger charge is 2.16. The molecule has 4 nitrogen and oxygen atoms in total. The van der Waals surface area contributed by atoms with Crippen molar-refractivity contribution < 1.29 is 0 Å². The highest BCUT2D eigenvalue weighted by molar-refractivity contribution is 5.85. The average molecular weight is 293 g/mol. The lowest BCUT2D eigenvalue weighted by Crippen LogP contribution is -2.37. The monoisotopic (exact) mass is 292 g/mol. The Kier molecular flexibility index (Phi) is 5.15. The Balaban J connectivity index is 0.00000147. The van der Waals surface area contributed by atoms with Gasteiger partial charge in [0.05, 0.1) is 17.2 Å². The summed E-state index contributed by atoms with van der Waals surface area (Å²) in [7, 11) is 2.10. The zero-order valence-electron chi connectivity index (χ0n) is 11.7. The first-order valence-corrected chi connectivity index (χ1v) is 6.96. The van der Waals surface area contributed by atoms with Gasteiger partial charge in [-0.3, -0.25) is 4.98 Å². The number of fused-ring (bicyclic) bond motifs is 1. The first-order valence-electron chi connectivity index (χ1n) is 6.96. The Morgan fingerprint density at radius 2 is 2.10 bits per heavy atom. The molecule has 1 atom stereocenters. The summed E-state index contributed by atoms with van der Waals surface area (Å²) in [5.41, 5.74) is 1.92. The van der Waals surface area contributed by atoms with Crippen molar-refractivity contribution in [1.29, 1.82) is 0 Å². The lowest BCUT2D eigenvalue weighted by Gasteiger charge is -2.28. The maximum absolute atomic E-state index is 4.68. The number of nitrogens with one attached hydrogen (secondary N) is 1. The fourth-order valence-electron chi connectivity index (χ4n) is 2.69. The second-order valence-corrected chi connectivity index (χ2v) is 5.31. The molecule has 1 aromatic carbocycles. The van der Waals surface area contributed by atoms with E-state index in [0.717, 1.165) is 36.5 Å². The van der Waals surface area contributed by atoms with E-state index >= 15 is 0 Å². The van der Waals surface area contributed by atoms with Gasteiger partial charge in [0.15, 0.2) is 0 Å². The molecule has 20 heavy (non-hydrogen) atoms. The standard InChI is InChI=1S/C15H20N4.ClH/c1-19(11-12-5-4-8-16-9-12)15-10-17-13-6-2-3-7-14(13)18-15;/h2-3,6-7,10,12,16H,4-5,8-9,11H2,1H3;1H. The van der Waals surface area contributed by atoms with Crippen LogP contribution in [0.5, 0.6) is 0 Å². The van der Waals surface area contributed by atoms with E-state index < -0.39 is 0 Å². The lowest BCUT2D eigenvalue weighted by molar-refractivity contribution is 0.380. The van der Waals surface area contributed by atoms with Crippen LogP contribution < -0.4 is 10.2 Å². The van der Waals surface area contributed by atoms with Gasteiger partial charge in [-0.2, -0.15) is 0 Å². The van der Waals surface area contributed by atoms with Gasteiger partial charge in [-0.15, -0.1) is 12.4 Å². The van der Waals surface area contributed by atoms with Gasteiger partial charge in [-0.25, -0.2) is 4.98 Å². The van der Waals surface area contributed by atoms with Crippen molar-refractivity contribution in [3.05, 3.63) is 30.5 Å². The molecule has 0 saturated carbocycles. The number of hydrogen-bond donors (Lipinski definition) is 1. The number of nitrogens with zero attached hydrogens (tertiary/aromatic N) is 3. The van der Waals surface area contributed by atoms with E-state index in [9.17, 15) is 0 Å². The summed E-state index contributed by atoms with van der Waals surface area (Å²) >= 11 is 0. The summed E-state index contributed by atoms with van der Waals surface area (Å²) in [5, 5.41) is 3.46. The minimum atomic E-state index is 0. The molecule has 1 aliphatic rings. The molecule has 0 aliphatic carbocycles. The van der Waals surface area contributed by atoms with Gasteiger partial charge in [0.25, 0.3) is 0 Å². The SMILES string of the molecule is CN(CC1CCCNC1)c1cnc2ccccc2n1.Cl. The molecule has 108 valence electrons. The smallest absolute Gasteiger partial charge is 0.147 e. The van der Waals surface area contributed by atoms with Crippen LogP contribution >= 0.6 is 12.4 Å². The van der Waals surface area contributed by atoms with Crippen LogP contribution in [0.2, 0.25) is 0 Å². The van der Waals surface area contributed by atoms with E-state index in [1.54, 1.807) is 0 Å². The number of benzene rings is 1. The topological polar surface area (TPSA) is 41.0 Å². The largest absolute Gasteiger partial charge is 0.358 e. The first-order chi connectivity index (χ1) is 9.33. The third kappa shape index (κ3) is 3.38. The van der Waals surface area contributed by atoms with Gasteiger partial charge in [0.2, 0.25) is 0 Å². The second kappa shape index (κ2) is 6.86. The normalized spacial score (nSPS) is 18.6. The molecule has 1 saturated heterocycles. The van der Waals surface area contributed by atoms with Gasteiger partial charge < -0.3 is 10.2 Å². The van der Waals surface area contributed by atoms with Gasteiger partial charge >= 0.3 is 0 Å². The summed E-state index contributed by atoms with van der Waals surface area (Å²) in [5.74, 6) is 1.68. The van der Waals surface area contributed by atoms with Crippen molar-refractivity contribution in [1.82, 2.24) is 15.3 Å².